The Kier molecular flexibility index (Phi) is 4.92. The van der Waals surface area contributed by atoms with E-state index in [9.17, 15) is 0 Å². The molecule has 0 amide bonds. The lowest BCUT2D eigenvalue weighted by atomic mass is 9.82. The summed E-state index contributed by atoms with van der Waals surface area (Å²) in [6.07, 6.45) is 12.1. The molecule has 0 bridgehead atoms. The number of anilines is 2. The third-order valence-electron chi connectivity index (χ3n) is 8.56. The molecule has 3 fully saturated rings. The van der Waals surface area contributed by atoms with Gasteiger partial charge in [0.25, 0.3) is 0 Å². The van der Waals surface area contributed by atoms with Gasteiger partial charge in [0.1, 0.15) is 0 Å². The van der Waals surface area contributed by atoms with Gasteiger partial charge in [-0.25, -0.2) is 0 Å². The van der Waals surface area contributed by atoms with Crippen molar-refractivity contribution >= 4 is 33.2 Å². The van der Waals surface area contributed by atoms with E-state index in [1.165, 1.54) is 98.0 Å². The van der Waals surface area contributed by atoms with Crippen LogP contribution >= 0.6 is 0 Å². The first-order valence-corrected chi connectivity index (χ1v) is 13.1. The Bertz CT molecular complexity index is 1330. The summed E-state index contributed by atoms with van der Waals surface area (Å²) in [5.74, 6) is 1.73. The molecule has 4 nitrogen and oxygen atoms in total. The standard InChI is InChI=1S/C30H32N4/c1-2-6-23-20-34(19-22(23)5-1)28-14-16-32-30-27(28)12-11-26-25(13-15-31-29(26)30)21-7-9-24(10-8-21)33-17-3-4-18-33/h7-16,22-23H,1-6,17-20H2. The summed E-state index contributed by atoms with van der Waals surface area (Å²) in [5, 5.41) is 2.42. The zero-order chi connectivity index (χ0) is 22.5. The molecule has 4 aromatic rings. The smallest absolute Gasteiger partial charge is 0.0985 e. The maximum absolute atomic E-state index is 4.84. The maximum Gasteiger partial charge on any atom is 0.0985 e. The fourth-order valence-electron chi connectivity index (χ4n) is 6.77. The minimum atomic E-state index is 0.866. The number of nitrogens with zero attached hydrogens (tertiary/aromatic N) is 4. The van der Waals surface area contributed by atoms with Crippen LogP contribution in [-0.2, 0) is 0 Å². The molecule has 2 aromatic heterocycles. The predicted molar refractivity (Wildman–Crippen MR) is 142 cm³/mol. The van der Waals surface area contributed by atoms with Crippen LogP contribution in [0.15, 0.2) is 60.9 Å². The van der Waals surface area contributed by atoms with Gasteiger partial charge in [-0.1, -0.05) is 31.0 Å². The fraction of sp³-hybridized carbons (Fsp3) is 0.400. The van der Waals surface area contributed by atoms with E-state index in [-0.39, 0.29) is 0 Å². The van der Waals surface area contributed by atoms with Crippen LogP contribution in [0.1, 0.15) is 38.5 Å². The van der Waals surface area contributed by atoms with Crippen LogP contribution in [0.2, 0.25) is 0 Å². The van der Waals surface area contributed by atoms with Crippen molar-refractivity contribution in [1.82, 2.24) is 9.97 Å². The van der Waals surface area contributed by atoms with Crippen molar-refractivity contribution in [1.29, 1.82) is 0 Å². The third kappa shape index (κ3) is 3.34. The number of fused-ring (bicyclic) bond motifs is 4. The Morgan fingerprint density at radius 1 is 0.618 bits per heavy atom. The highest BCUT2D eigenvalue weighted by Crippen LogP contribution is 2.41. The average Bonchev–Trinajstić information content (AvgIpc) is 3.58. The summed E-state index contributed by atoms with van der Waals surface area (Å²) in [4.78, 5) is 14.8. The molecular weight excluding hydrogens is 416 g/mol. The minimum absolute atomic E-state index is 0.866. The van der Waals surface area contributed by atoms with Crippen molar-refractivity contribution in [3.05, 3.63) is 60.9 Å². The second kappa shape index (κ2) is 8.26. The van der Waals surface area contributed by atoms with Gasteiger partial charge in [0, 0.05) is 60.7 Å². The van der Waals surface area contributed by atoms with E-state index in [1.54, 1.807) is 0 Å². The summed E-state index contributed by atoms with van der Waals surface area (Å²) in [7, 11) is 0. The molecule has 4 heteroatoms. The van der Waals surface area contributed by atoms with Gasteiger partial charge in [0.2, 0.25) is 0 Å². The molecule has 0 spiro atoms. The summed E-state index contributed by atoms with van der Waals surface area (Å²) in [6, 6.07) is 18.0. The topological polar surface area (TPSA) is 32.3 Å². The SMILES string of the molecule is c1cc(-c2ccc(N3CCCC3)cc2)c2ccc3c(N4CC5CCCCC5C4)ccnc3c2n1. The second-order valence-corrected chi connectivity index (χ2v) is 10.5. The third-order valence-corrected chi connectivity index (χ3v) is 8.56. The molecule has 2 aliphatic heterocycles. The van der Waals surface area contributed by atoms with E-state index < -0.39 is 0 Å². The highest BCUT2D eigenvalue weighted by atomic mass is 15.2. The maximum atomic E-state index is 4.84. The molecule has 2 saturated heterocycles. The fourth-order valence-corrected chi connectivity index (χ4v) is 6.77. The molecular formula is C30H32N4. The lowest BCUT2D eigenvalue weighted by molar-refractivity contribution is 0.299. The first kappa shape index (κ1) is 20.3. The molecule has 2 unspecified atom stereocenters. The normalized spacial score (nSPS) is 22.6. The molecule has 172 valence electrons. The van der Waals surface area contributed by atoms with Gasteiger partial charge in [-0.3, -0.25) is 9.97 Å². The molecule has 0 radical (unpaired) electrons. The van der Waals surface area contributed by atoms with Crippen LogP contribution < -0.4 is 9.80 Å². The van der Waals surface area contributed by atoms with Crippen LogP contribution in [0.4, 0.5) is 11.4 Å². The summed E-state index contributed by atoms with van der Waals surface area (Å²) in [5.41, 5.74) is 7.19. The zero-order valence-corrected chi connectivity index (χ0v) is 19.8. The summed E-state index contributed by atoms with van der Waals surface area (Å²) < 4.78 is 0. The predicted octanol–water partition coefficient (Wildman–Crippen LogP) is 6.68. The van der Waals surface area contributed by atoms with Crippen LogP contribution in [0.3, 0.4) is 0 Å². The number of rotatable bonds is 3. The molecule has 7 rings (SSSR count). The summed E-state index contributed by atoms with van der Waals surface area (Å²) >= 11 is 0. The van der Waals surface area contributed by atoms with Gasteiger partial charge in [-0.05, 0) is 79.0 Å². The largest absolute Gasteiger partial charge is 0.372 e. The first-order valence-electron chi connectivity index (χ1n) is 13.1. The first-order chi connectivity index (χ1) is 16.8. The molecule has 3 aliphatic rings. The van der Waals surface area contributed by atoms with Gasteiger partial charge in [0.05, 0.1) is 11.0 Å². The van der Waals surface area contributed by atoms with Crippen LogP contribution in [0.5, 0.6) is 0 Å². The highest BCUT2D eigenvalue weighted by molar-refractivity contribution is 6.11. The van der Waals surface area contributed by atoms with E-state index in [2.05, 4.69) is 58.3 Å². The lowest BCUT2D eigenvalue weighted by Gasteiger charge is -2.22. The van der Waals surface area contributed by atoms with E-state index in [4.69, 9.17) is 9.97 Å². The van der Waals surface area contributed by atoms with Gasteiger partial charge < -0.3 is 9.80 Å². The minimum Gasteiger partial charge on any atom is -0.372 e. The number of hydrogen-bond donors (Lipinski definition) is 0. The van der Waals surface area contributed by atoms with Crippen molar-refractivity contribution in [2.24, 2.45) is 11.8 Å². The number of aromatic nitrogens is 2. The second-order valence-electron chi connectivity index (χ2n) is 10.5. The van der Waals surface area contributed by atoms with Gasteiger partial charge in [-0.2, -0.15) is 0 Å². The van der Waals surface area contributed by atoms with Crippen molar-refractivity contribution in [2.75, 3.05) is 36.0 Å². The van der Waals surface area contributed by atoms with Crippen LogP contribution in [0.25, 0.3) is 32.9 Å². The van der Waals surface area contributed by atoms with Gasteiger partial charge in [0.15, 0.2) is 0 Å². The average molecular weight is 449 g/mol. The van der Waals surface area contributed by atoms with E-state index in [1.807, 2.05) is 12.4 Å². The number of hydrogen-bond acceptors (Lipinski definition) is 4. The molecule has 34 heavy (non-hydrogen) atoms. The molecule has 2 aromatic carbocycles. The lowest BCUT2D eigenvalue weighted by Crippen LogP contribution is -2.20. The quantitative estimate of drug-likeness (QED) is 0.327. The highest BCUT2D eigenvalue weighted by Gasteiger charge is 2.35. The summed E-state index contributed by atoms with van der Waals surface area (Å²) in [6.45, 7) is 4.74. The van der Waals surface area contributed by atoms with E-state index in [0.717, 1.165) is 22.9 Å². The van der Waals surface area contributed by atoms with Crippen molar-refractivity contribution < 1.29 is 0 Å². The Balaban J connectivity index is 1.28. The van der Waals surface area contributed by atoms with Crippen molar-refractivity contribution in [3.63, 3.8) is 0 Å². The monoisotopic (exact) mass is 448 g/mol. The molecule has 4 heterocycles. The molecule has 0 N–H and O–H groups in total. The Labute approximate surface area is 201 Å². The number of pyridine rings is 2. The molecule has 1 saturated carbocycles. The van der Waals surface area contributed by atoms with Gasteiger partial charge >= 0.3 is 0 Å². The van der Waals surface area contributed by atoms with E-state index in [0.29, 0.717) is 0 Å². The van der Waals surface area contributed by atoms with Gasteiger partial charge in [-0.15, -0.1) is 0 Å². The van der Waals surface area contributed by atoms with Crippen LogP contribution in [0, 0.1) is 11.8 Å². The van der Waals surface area contributed by atoms with Crippen LogP contribution in [-0.4, -0.2) is 36.1 Å². The zero-order valence-electron chi connectivity index (χ0n) is 19.8. The molecule has 1 aliphatic carbocycles. The van der Waals surface area contributed by atoms with Crippen molar-refractivity contribution in [2.45, 2.75) is 38.5 Å². The number of benzene rings is 2. The molecule has 2 atom stereocenters. The Morgan fingerprint density at radius 2 is 1.26 bits per heavy atom. The Hall–Kier alpha value is -3.14. The van der Waals surface area contributed by atoms with E-state index >= 15 is 0 Å². The Morgan fingerprint density at radius 3 is 2.00 bits per heavy atom. The van der Waals surface area contributed by atoms with Crippen molar-refractivity contribution in [3.8, 4) is 11.1 Å².